The predicted octanol–water partition coefficient (Wildman–Crippen LogP) is 1.95. The second-order valence-electron chi connectivity index (χ2n) is 3.59. The van der Waals surface area contributed by atoms with Crippen molar-refractivity contribution in [1.29, 1.82) is 0 Å². The number of phenolic OH excluding ortho intramolecular Hbond substituents is 1. The van der Waals surface area contributed by atoms with Crippen molar-refractivity contribution in [3.63, 3.8) is 0 Å². The van der Waals surface area contributed by atoms with Crippen LogP contribution in [0.3, 0.4) is 0 Å². The number of hydrogen-bond acceptors (Lipinski definition) is 4. The number of ether oxygens (including phenoxy) is 2. The van der Waals surface area contributed by atoms with Crippen LogP contribution >= 0.6 is 11.6 Å². The summed E-state index contributed by atoms with van der Waals surface area (Å²) in [6.45, 7) is 2.29. The third-order valence-electron chi connectivity index (χ3n) is 2.27. The van der Waals surface area contributed by atoms with Gasteiger partial charge in [-0.15, -0.1) is 0 Å². The Hall–Kier alpha value is -1.42. The SMILES string of the molecule is CC(=O)Cc1c(Cl)c(O)cc2c1OCCO2. The Balaban J connectivity index is 2.54. The molecule has 0 atom stereocenters. The molecule has 5 heteroatoms. The third-order valence-corrected chi connectivity index (χ3v) is 2.69. The van der Waals surface area contributed by atoms with Crippen LogP contribution in [0.5, 0.6) is 17.2 Å². The molecule has 0 fully saturated rings. The van der Waals surface area contributed by atoms with E-state index in [0.29, 0.717) is 30.3 Å². The molecule has 0 spiro atoms. The molecule has 0 saturated carbocycles. The lowest BCUT2D eigenvalue weighted by atomic mass is 10.1. The van der Waals surface area contributed by atoms with Crippen LogP contribution in [0.15, 0.2) is 6.07 Å². The molecule has 0 unspecified atom stereocenters. The summed E-state index contributed by atoms with van der Waals surface area (Å²) >= 11 is 5.94. The van der Waals surface area contributed by atoms with Crippen LogP contribution in [0.4, 0.5) is 0 Å². The number of rotatable bonds is 2. The summed E-state index contributed by atoms with van der Waals surface area (Å²) in [7, 11) is 0. The van der Waals surface area contributed by atoms with Crippen molar-refractivity contribution in [3.05, 3.63) is 16.7 Å². The zero-order valence-electron chi connectivity index (χ0n) is 8.75. The van der Waals surface area contributed by atoms with Crippen LogP contribution in [0, 0.1) is 0 Å². The minimum atomic E-state index is -0.0952. The molecule has 1 aromatic rings. The van der Waals surface area contributed by atoms with Crippen molar-refractivity contribution < 1.29 is 19.4 Å². The molecule has 1 aliphatic heterocycles. The Bertz CT molecular complexity index is 442. The summed E-state index contributed by atoms with van der Waals surface area (Å²) in [5, 5.41) is 9.74. The zero-order chi connectivity index (χ0) is 11.7. The highest BCUT2D eigenvalue weighted by atomic mass is 35.5. The molecular formula is C11H11ClO4. The highest BCUT2D eigenvalue weighted by Gasteiger charge is 2.22. The molecule has 0 aliphatic carbocycles. The highest BCUT2D eigenvalue weighted by molar-refractivity contribution is 6.33. The lowest BCUT2D eigenvalue weighted by Crippen LogP contribution is -2.17. The first-order valence-electron chi connectivity index (χ1n) is 4.89. The molecule has 1 N–H and O–H groups in total. The van der Waals surface area contributed by atoms with Gasteiger partial charge in [-0.25, -0.2) is 0 Å². The molecule has 1 heterocycles. The average Bonchev–Trinajstić information content (AvgIpc) is 2.24. The van der Waals surface area contributed by atoms with Gasteiger partial charge < -0.3 is 14.6 Å². The van der Waals surface area contributed by atoms with E-state index in [4.69, 9.17) is 21.1 Å². The van der Waals surface area contributed by atoms with Crippen molar-refractivity contribution in [1.82, 2.24) is 0 Å². The fourth-order valence-electron chi connectivity index (χ4n) is 1.62. The number of fused-ring (bicyclic) bond motifs is 1. The average molecular weight is 243 g/mol. The Morgan fingerprint density at radius 2 is 2.19 bits per heavy atom. The summed E-state index contributed by atoms with van der Waals surface area (Å²) in [6.07, 6.45) is 0.124. The second kappa shape index (κ2) is 4.22. The van der Waals surface area contributed by atoms with Gasteiger partial charge in [-0.3, -0.25) is 4.79 Å². The molecule has 0 saturated heterocycles. The second-order valence-corrected chi connectivity index (χ2v) is 3.97. The fourth-order valence-corrected chi connectivity index (χ4v) is 1.83. The normalized spacial score (nSPS) is 13.6. The van der Waals surface area contributed by atoms with E-state index in [9.17, 15) is 9.90 Å². The molecular weight excluding hydrogens is 232 g/mol. The molecule has 1 aliphatic rings. The summed E-state index contributed by atoms with van der Waals surface area (Å²) < 4.78 is 10.7. The van der Waals surface area contributed by atoms with Gasteiger partial charge in [0.15, 0.2) is 11.5 Å². The fraction of sp³-hybridized carbons (Fsp3) is 0.364. The van der Waals surface area contributed by atoms with Crippen molar-refractivity contribution in [3.8, 4) is 17.2 Å². The van der Waals surface area contributed by atoms with E-state index < -0.39 is 0 Å². The third kappa shape index (κ3) is 1.93. The molecule has 0 bridgehead atoms. The van der Waals surface area contributed by atoms with Crippen LogP contribution in [0.1, 0.15) is 12.5 Å². The van der Waals surface area contributed by atoms with Gasteiger partial charge in [0.2, 0.25) is 0 Å². The maximum absolute atomic E-state index is 11.1. The van der Waals surface area contributed by atoms with Gasteiger partial charge in [0.1, 0.15) is 24.7 Å². The van der Waals surface area contributed by atoms with Gasteiger partial charge in [-0.2, -0.15) is 0 Å². The zero-order valence-corrected chi connectivity index (χ0v) is 9.50. The van der Waals surface area contributed by atoms with Gasteiger partial charge in [0, 0.05) is 18.1 Å². The quantitative estimate of drug-likeness (QED) is 0.861. The Morgan fingerprint density at radius 1 is 1.50 bits per heavy atom. The van der Waals surface area contributed by atoms with E-state index >= 15 is 0 Å². The van der Waals surface area contributed by atoms with E-state index in [1.165, 1.54) is 13.0 Å². The largest absolute Gasteiger partial charge is 0.506 e. The molecule has 2 rings (SSSR count). The number of hydrogen-bond donors (Lipinski definition) is 1. The lowest BCUT2D eigenvalue weighted by Gasteiger charge is -2.22. The molecule has 16 heavy (non-hydrogen) atoms. The number of aromatic hydroxyl groups is 1. The van der Waals surface area contributed by atoms with E-state index in [1.807, 2.05) is 0 Å². The molecule has 1 aromatic carbocycles. The van der Waals surface area contributed by atoms with Crippen molar-refractivity contribution in [2.45, 2.75) is 13.3 Å². The number of ketones is 1. The van der Waals surface area contributed by atoms with Crippen LogP contribution in [0.2, 0.25) is 5.02 Å². The molecule has 0 amide bonds. The van der Waals surface area contributed by atoms with Crippen molar-refractivity contribution in [2.24, 2.45) is 0 Å². The number of carbonyl (C=O) groups is 1. The Labute approximate surface area is 97.7 Å². The van der Waals surface area contributed by atoms with E-state index in [1.54, 1.807) is 0 Å². The first-order chi connectivity index (χ1) is 7.59. The van der Waals surface area contributed by atoms with Gasteiger partial charge >= 0.3 is 0 Å². The Kier molecular flexibility index (Phi) is 2.92. The lowest BCUT2D eigenvalue weighted by molar-refractivity contribution is -0.116. The topological polar surface area (TPSA) is 55.8 Å². The van der Waals surface area contributed by atoms with E-state index in [-0.39, 0.29) is 23.0 Å². The van der Waals surface area contributed by atoms with Crippen LogP contribution < -0.4 is 9.47 Å². The van der Waals surface area contributed by atoms with Gasteiger partial charge in [0.25, 0.3) is 0 Å². The summed E-state index contributed by atoms with van der Waals surface area (Å²) in [5.74, 6) is 0.750. The number of halogens is 1. The smallest absolute Gasteiger partial charge is 0.166 e. The minimum Gasteiger partial charge on any atom is -0.506 e. The highest BCUT2D eigenvalue weighted by Crippen LogP contribution is 2.43. The maximum Gasteiger partial charge on any atom is 0.166 e. The summed E-state index contributed by atoms with van der Waals surface area (Å²) in [4.78, 5) is 11.1. The van der Waals surface area contributed by atoms with Gasteiger partial charge in [-0.1, -0.05) is 11.6 Å². The van der Waals surface area contributed by atoms with Crippen LogP contribution in [0.25, 0.3) is 0 Å². The van der Waals surface area contributed by atoms with Crippen LogP contribution in [-0.4, -0.2) is 24.1 Å². The number of Topliss-reactive ketones (excluding diaryl/α,β-unsaturated/α-hetero) is 1. The van der Waals surface area contributed by atoms with Crippen LogP contribution in [-0.2, 0) is 11.2 Å². The molecule has 0 aromatic heterocycles. The van der Waals surface area contributed by atoms with Crippen molar-refractivity contribution >= 4 is 17.4 Å². The van der Waals surface area contributed by atoms with Crippen molar-refractivity contribution in [2.75, 3.05) is 13.2 Å². The number of carbonyl (C=O) groups excluding carboxylic acids is 1. The first-order valence-corrected chi connectivity index (χ1v) is 5.26. The Morgan fingerprint density at radius 3 is 2.88 bits per heavy atom. The van der Waals surface area contributed by atoms with E-state index in [2.05, 4.69) is 0 Å². The monoisotopic (exact) mass is 242 g/mol. The standard InChI is InChI=1S/C11H11ClO4/c1-6(13)4-7-10(12)8(14)5-9-11(7)16-3-2-15-9/h5,14H,2-4H2,1H3. The van der Waals surface area contributed by atoms with E-state index in [0.717, 1.165) is 0 Å². The minimum absolute atomic E-state index is 0.0520. The maximum atomic E-state index is 11.1. The van der Waals surface area contributed by atoms with Gasteiger partial charge in [-0.05, 0) is 6.92 Å². The summed E-state index contributed by atoms with van der Waals surface area (Å²) in [5.41, 5.74) is 0.490. The number of phenols is 1. The molecule has 0 radical (unpaired) electrons. The number of benzene rings is 1. The molecule has 86 valence electrons. The molecule has 4 nitrogen and oxygen atoms in total. The predicted molar refractivity (Wildman–Crippen MR) is 58.5 cm³/mol. The summed E-state index contributed by atoms with van der Waals surface area (Å²) in [6, 6.07) is 1.40. The van der Waals surface area contributed by atoms with Gasteiger partial charge in [0.05, 0.1) is 5.02 Å². The first kappa shape index (κ1) is 11.1.